The van der Waals surface area contributed by atoms with E-state index in [1.54, 1.807) is 0 Å². The SMILES string of the molecule is S=[C]C(=S)c1ccccc1. The van der Waals surface area contributed by atoms with Crippen molar-refractivity contribution in [2.24, 2.45) is 0 Å². The minimum Gasteiger partial charge on any atom is -0.0778 e. The normalized spacial score (nSPS) is 8.80. The topological polar surface area (TPSA) is 0 Å². The summed E-state index contributed by atoms with van der Waals surface area (Å²) < 4.78 is 0. The highest BCUT2D eigenvalue weighted by atomic mass is 32.1. The van der Waals surface area contributed by atoms with Crippen LogP contribution in [-0.4, -0.2) is 10.2 Å². The van der Waals surface area contributed by atoms with Crippen LogP contribution in [0.1, 0.15) is 5.56 Å². The van der Waals surface area contributed by atoms with E-state index in [2.05, 4.69) is 17.6 Å². The molecule has 10 heavy (non-hydrogen) atoms. The molecule has 0 amide bonds. The average Bonchev–Trinajstić information content (AvgIpc) is 2.05. The van der Waals surface area contributed by atoms with E-state index < -0.39 is 0 Å². The smallest absolute Gasteiger partial charge is 0.0759 e. The largest absolute Gasteiger partial charge is 0.0778 e. The first-order valence-electron chi connectivity index (χ1n) is 2.82. The summed E-state index contributed by atoms with van der Waals surface area (Å²) in [4.78, 5) is 0.607. The van der Waals surface area contributed by atoms with Crippen molar-refractivity contribution < 1.29 is 0 Å². The predicted molar refractivity (Wildman–Crippen MR) is 50.7 cm³/mol. The zero-order chi connectivity index (χ0) is 7.40. The molecule has 0 aliphatic heterocycles. The molecule has 0 aromatic heterocycles. The van der Waals surface area contributed by atoms with Crippen molar-refractivity contribution in [2.45, 2.75) is 0 Å². The van der Waals surface area contributed by atoms with Crippen LogP contribution in [0.4, 0.5) is 0 Å². The van der Waals surface area contributed by atoms with Crippen molar-refractivity contribution in [2.75, 3.05) is 0 Å². The molecule has 1 rings (SSSR count). The summed E-state index contributed by atoms with van der Waals surface area (Å²) in [6.07, 6.45) is 0. The maximum atomic E-state index is 4.91. The second-order valence-electron chi connectivity index (χ2n) is 1.80. The molecule has 0 spiro atoms. The fraction of sp³-hybridized carbons (Fsp3) is 0. The van der Waals surface area contributed by atoms with Gasteiger partial charge in [-0.25, -0.2) is 0 Å². The first-order valence-corrected chi connectivity index (χ1v) is 3.64. The van der Waals surface area contributed by atoms with Gasteiger partial charge < -0.3 is 0 Å². The van der Waals surface area contributed by atoms with Gasteiger partial charge in [-0.1, -0.05) is 54.8 Å². The highest BCUT2D eigenvalue weighted by molar-refractivity contribution is 7.88. The summed E-state index contributed by atoms with van der Waals surface area (Å²) in [6.45, 7) is 0. The molecule has 0 saturated heterocycles. The number of rotatable bonds is 2. The number of hydrogen-bond acceptors (Lipinski definition) is 2. The molecule has 1 aromatic rings. The van der Waals surface area contributed by atoms with Crippen LogP contribution in [0.5, 0.6) is 0 Å². The first-order chi connectivity index (χ1) is 4.84. The van der Waals surface area contributed by atoms with E-state index in [1.165, 1.54) is 0 Å². The monoisotopic (exact) mass is 165 g/mol. The molecule has 0 saturated carbocycles. The van der Waals surface area contributed by atoms with Gasteiger partial charge >= 0.3 is 0 Å². The van der Waals surface area contributed by atoms with Crippen molar-refractivity contribution >= 4 is 34.7 Å². The van der Waals surface area contributed by atoms with Gasteiger partial charge in [0.15, 0.2) is 0 Å². The standard InChI is InChI=1S/C8H5S2/c9-6-8(10)7-4-2-1-3-5-7/h1-5H. The van der Waals surface area contributed by atoms with E-state index in [0.717, 1.165) is 5.56 Å². The van der Waals surface area contributed by atoms with Crippen LogP contribution in [0.15, 0.2) is 30.3 Å². The third-order valence-electron chi connectivity index (χ3n) is 1.13. The molecule has 0 fully saturated rings. The summed E-state index contributed by atoms with van der Waals surface area (Å²) in [5.41, 5.74) is 0.965. The van der Waals surface area contributed by atoms with E-state index in [9.17, 15) is 0 Å². The number of benzene rings is 1. The zero-order valence-corrected chi connectivity index (χ0v) is 6.84. The molecular weight excluding hydrogens is 160 g/mol. The van der Waals surface area contributed by atoms with E-state index in [1.807, 2.05) is 30.3 Å². The summed E-state index contributed by atoms with van der Waals surface area (Å²) >= 11 is 9.47. The molecule has 2 heteroatoms. The van der Waals surface area contributed by atoms with Gasteiger partial charge in [0.2, 0.25) is 0 Å². The van der Waals surface area contributed by atoms with Crippen LogP contribution in [0.25, 0.3) is 0 Å². The van der Waals surface area contributed by atoms with Crippen molar-refractivity contribution in [3.05, 3.63) is 35.9 Å². The Bertz CT molecular complexity index is 239. The Labute approximate surface area is 70.9 Å². The molecule has 0 atom stereocenters. The quantitative estimate of drug-likeness (QED) is 0.487. The Morgan fingerprint density at radius 3 is 2.30 bits per heavy atom. The van der Waals surface area contributed by atoms with E-state index in [4.69, 9.17) is 12.2 Å². The second kappa shape index (κ2) is 3.54. The number of hydrogen-bond donors (Lipinski definition) is 0. The Morgan fingerprint density at radius 2 is 1.80 bits per heavy atom. The van der Waals surface area contributed by atoms with Gasteiger partial charge in [-0.2, -0.15) is 0 Å². The van der Waals surface area contributed by atoms with Crippen LogP contribution in [-0.2, 0) is 0 Å². The summed E-state index contributed by atoms with van der Waals surface area (Å²) in [5.74, 6) is 0. The molecule has 0 aliphatic rings. The lowest BCUT2D eigenvalue weighted by Crippen LogP contribution is -1.94. The summed E-state index contributed by atoms with van der Waals surface area (Å²) in [5, 5.41) is 2.50. The molecule has 1 radical (unpaired) electrons. The van der Waals surface area contributed by atoms with Crippen LogP contribution in [0.3, 0.4) is 0 Å². The van der Waals surface area contributed by atoms with Crippen LogP contribution in [0.2, 0.25) is 0 Å². The van der Waals surface area contributed by atoms with Crippen LogP contribution < -0.4 is 0 Å². The lowest BCUT2D eigenvalue weighted by Gasteiger charge is -1.92. The fourth-order valence-electron chi connectivity index (χ4n) is 0.648. The lowest BCUT2D eigenvalue weighted by atomic mass is 10.2. The molecule has 0 N–H and O–H groups in total. The Kier molecular flexibility index (Phi) is 2.66. The molecule has 0 nitrogen and oxygen atoms in total. The minimum atomic E-state index is 0.607. The zero-order valence-electron chi connectivity index (χ0n) is 5.20. The van der Waals surface area contributed by atoms with Gasteiger partial charge in [-0.15, -0.1) is 0 Å². The van der Waals surface area contributed by atoms with E-state index >= 15 is 0 Å². The first kappa shape index (κ1) is 7.51. The summed E-state index contributed by atoms with van der Waals surface area (Å²) in [6, 6.07) is 9.63. The third-order valence-corrected chi connectivity index (χ3v) is 1.80. The molecule has 0 aliphatic carbocycles. The van der Waals surface area contributed by atoms with Crippen LogP contribution in [0, 0.1) is 0 Å². The van der Waals surface area contributed by atoms with Crippen molar-refractivity contribution in [1.82, 2.24) is 0 Å². The molecule has 49 valence electrons. The highest BCUT2D eigenvalue weighted by Gasteiger charge is 1.93. The van der Waals surface area contributed by atoms with Gasteiger partial charge in [0.25, 0.3) is 0 Å². The summed E-state index contributed by atoms with van der Waals surface area (Å²) in [7, 11) is 0. The van der Waals surface area contributed by atoms with Crippen LogP contribution >= 0.6 is 24.4 Å². The fourth-order valence-corrected chi connectivity index (χ4v) is 0.902. The average molecular weight is 165 g/mol. The van der Waals surface area contributed by atoms with Crippen molar-refractivity contribution in [1.29, 1.82) is 0 Å². The van der Waals surface area contributed by atoms with Gasteiger partial charge in [0, 0.05) is 0 Å². The van der Waals surface area contributed by atoms with E-state index in [0.29, 0.717) is 4.86 Å². The molecule has 0 unspecified atom stereocenters. The third kappa shape index (κ3) is 1.69. The van der Waals surface area contributed by atoms with Gasteiger partial charge in [-0.05, 0) is 5.56 Å². The molecular formula is C8H5S2. The second-order valence-corrected chi connectivity index (χ2v) is 2.41. The maximum Gasteiger partial charge on any atom is 0.0759 e. The van der Waals surface area contributed by atoms with Crippen molar-refractivity contribution in [3.8, 4) is 0 Å². The Balaban J connectivity index is 2.95. The Hall–Kier alpha value is -0.600. The Morgan fingerprint density at radius 1 is 1.20 bits per heavy atom. The van der Waals surface area contributed by atoms with Gasteiger partial charge in [0.1, 0.15) is 0 Å². The maximum absolute atomic E-state index is 4.91. The molecule has 0 heterocycles. The molecule has 1 aromatic carbocycles. The van der Waals surface area contributed by atoms with Crippen molar-refractivity contribution in [3.63, 3.8) is 0 Å². The van der Waals surface area contributed by atoms with E-state index in [-0.39, 0.29) is 0 Å². The number of thiocarbonyl (C=S) groups is 2. The predicted octanol–water partition coefficient (Wildman–Crippen LogP) is 2.28. The highest BCUT2D eigenvalue weighted by Crippen LogP contribution is 1.98. The molecule has 0 bridgehead atoms. The van der Waals surface area contributed by atoms with Gasteiger partial charge in [-0.3, -0.25) is 0 Å². The minimum absolute atomic E-state index is 0.607. The van der Waals surface area contributed by atoms with Gasteiger partial charge in [0.05, 0.1) is 10.2 Å². The lowest BCUT2D eigenvalue weighted by molar-refractivity contribution is 1.68.